The molecule has 4 rings (SSSR count). The summed E-state index contributed by atoms with van der Waals surface area (Å²) in [5.74, 6) is -0.0581. The van der Waals surface area contributed by atoms with Gasteiger partial charge in [-0.2, -0.15) is 0 Å². The number of para-hydroxylation sites is 2. The van der Waals surface area contributed by atoms with Crippen LogP contribution < -0.4 is 9.80 Å². The van der Waals surface area contributed by atoms with Crippen molar-refractivity contribution in [3.63, 3.8) is 0 Å². The Morgan fingerprint density at radius 2 is 1.78 bits per heavy atom. The second kappa shape index (κ2) is 7.69. The predicted octanol–water partition coefficient (Wildman–Crippen LogP) is 4.18. The Morgan fingerprint density at radius 1 is 1.04 bits per heavy atom. The lowest BCUT2D eigenvalue weighted by Gasteiger charge is -2.38. The Labute approximate surface area is 160 Å². The number of likely N-dealkylation sites (tertiary alicyclic amines) is 1. The molecule has 1 amide bonds. The first-order valence-electron chi connectivity index (χ1n) is 9.80. The number of rotatable bonds is 4. The summed E-state index contributed by atoms with van der Waals surface area (Å²) in [6.07, 6.45) is 3.01. The Balaban J connectivity index is 1.52. The van der Waals surface area contributed by atoms with Crippen molar-refractivity contribution in [1.29, 1.82) is 0 Å². The molecule has 1 fully saturated rings. The third kappa shape index (κ3) is 3.69. The maximum absolute atomic E-state index is 13.3. The third-order valence-corrected chi connectivity index (χ3v) is 5.75. The number of nitrogens with zero attached hydrogens (tertiary/aromatic N) is 3. The Bertz CT molecular complexity index is 807. The summed E-state index contributed by atoms with van der Waals surface area (Å²) >= 11 is 0. The van der Waals surface area contributed by atoms with E-state index in [9.17, 15) is 9.18 Å². The lowest BCUT2D eigenvalue weighted by Crippen LogP contribution is -2.43. The molecule has 5 heteroatoms. The second-order valence-corrected chi connectivity index (χ2v) is 7.44. The average molecular weight is 367 g/mol. The molecule has 27 heavy (non-hydrogen) atoms. The van der Waals surface area contributed by atoms with Crippen LogP contribution in [-0.2, 0) is 4.79 Å². The van der Waals surface area contributed by atoms with Crippen molar-refractivity contribution in [2.45, 2.75) is 32.2 Å². The number of halogens is 1. The Hall–Kier alpha value is -2.40. The van der Waals surface area contributed by atoms with Crippen LogP contribution in [0, 0.1) is 5.82 Å². The summed E-state index contributed by atoms with van der Waals surface area (Å²) in [7, 11) is 0. The molecule has 2 heterocycles. The minimum atomic E-state index is -0.239. The van der Waals surface area contributed by atoms with Gasteiger partial charge < -0.3 is 14.7 Å². The molecule has 1 atom stereocenters. The van der Waals surface area contributed by atoms with Gasteiger partial charge in [0.05, 0.1) is 11.4 Å². The first-order chi connectivity index (χ1) is 13.1. The maximum atomic E-state index is 13.3. The van der Waals surface area contributed by atoms with Crippen LogP contribution >= 0.6 is 0 Å². The van der Waals surface area contributed by atoms with Gasteiger partial charge in [0.15, 0.2) is 0 Å². The van der Waals surface area contributed by atoms with E-state index in [2.05, 4.69) is 16.7 Å². The van der Waals surface area contributed by atoms with Crippen LogP contribution in [0.5, 0.6) is 0 Å². The summed E-state index contributed by atoms with van der Waals surface area (Å²) in [6, 6.07) is 15.1. The molecule has 0 bridgehead atoms. The van der Waals surface area contributed by atoms with Gasteiger partial charge in [-0.05, 0) is 62.7 Å². The zero-order valence-corrected chi connectivity index (χ0v) is 15.8. The number of carbonyl (C=O) groups excluding carboxylic acids is 1. The van der Waals surface area contributed by atoms with Crippen molar-refractivity contribution in [2.75, 3.05) is 36.0 Å². The minimum absolute atomic E-state index is 0.181. The minimum Gasteiger partial charge on any atom is -0.338 e. The van der Waals surface area contributed by atoms with Gasteiger partial charge in [-0.25, -0.2) is 4.39 Å². The number of benzene rings is 2. The van der Waals surface area contributed by atoms with Gasteiger partial charge in [0.25, 0.3) is 0 Å². The molecular weight excluding hydrogens is 341 g/mol. The normalized spacial score (nSPS) is 20.0. The topological polar surface area (TPSA) is 26.8 Å². The van der Waals surface area contributed by atoms with Gasteiger partial charge in [-0.15, -0.1) is 0 Å². The lowest BCUT2D eigenvalue weighted by atomic mass is 10.1. The number of amides is 1. The van der Waals surface area contributed by atoms with Crippen LogP contribution in [0.25, 0.3) is 0 Å². The largest absolute Gasteiger partial charge is 0.338 e. The second-order valence-electron chi connectivity index (χ2n) is 7.44. The molecule has 0 radical (unpaired) electrons. The molecule has 0 saturated carbocycles. The summed E-state index contributed by atoms with van der Waals surface area (Å²) in [5, 5.41) is 0. The quantitative estimate of drug-likeness (QED) is 0.811. The predicted molar refractivity (Wildman–Crippen MR) is 107 cm³/mol. The van der Waals surface area contributed by atoms with E-state index in [-0.39, 0.29) is 11.7 Å². The number of fused-ring (bicyclic) bond motifs is 1. The smallest absolute Gasteiger partial charge is 0.228 e. The highest BCUT2D eigenvalue weighted by molar-refractivity contribution is 5.98. The van der Waals surface area contributed by atoms with Crippen molar-refractivity contribution in [1.82, 2.24) is 4.90 Å². The zero-order chi connectivity index (χ0) is 18.8. The van der Waals surface area contributed by atoms with E-state index >= 15 is 0 Å². The van der Waals surface area contributed by atoms with Gasteiger partial charge in [-0.1, -0.05) is 12.1 Å². The van der Waals surface area contributed by atoms with E-state index in [1.54, 1.807) is 12.1 Å². The van der Waals surface area contributed by atoms with E-state index in [1.165, 1.54) is 25.0 Å². The van der Waals surface area contributed by atoms with Crippen molar-refractivity contribution in [3.05, 3.63) is 54.3 Å². The van der Waals surface area contributed by atoms with Gasteiger partial charge in [-0.3, -0.25) is 4.79 Å². The van der Waals surface area contributed by atoms with Crippen molar-refractivity contribution >= 4 is 23.0 Å². The fourth-order valence-corrected chi connectivity index (χ4v) is 4.21. The molecule has 142 valence electrons. The number of anilines is 3. The number of hydrogen-bond donors (Lipinski definition) is 0. The molecule has 0 unspecified atom stereocenters. The van der Waals surface area contributed by atoms with Crippen LogP contribution in [0.4, 0.5) is 21.5 Å². The standard InChI is InChI=1S/C22H26FN3O/c1-17-5-4-13-24(17)14-12-22(27)26-16-15-25(19-10-8-18(23)9-11-19)20-6-2-3-7-21(20)26/h2-3,6-11,17H,4-5,12-16H2,1H3/t17-/m1/s1. The van der Waals surface area contributed by atoms with Crippen molar-refractivity contribution in [3.8, 4) is 0 Å². The summed E-state index contributed by atoms with van der Waals surface area (Å²) < 4.78 is 13.3. The van der Waals surface area contributed by atoms with E-state index < -0.39 is 0 Å². The highest BCUT2D eigenvalue weighted by Gasteiger charge is 2.28. The van der Waals surface area contributed by atoms with E-state index in [1.807, 2.05) is 29.2 Å². The summed E-state index contributed by atoms with van der Waals surface area (Å²) in [5.41, 5.74) is 2.88. The molecular formula is C22H26FN3O. The highest BCUT2D eigenvalue weighted by Crippen LogP contribution is 2.37. The molecule has 2 aromatic rings. The van der Waals surface area contributed by atoms with Crippen molar-refractivity contribution < 1.29 is 9.18 Å². The molecule has 2 aliphatic heterocycles. The fourth-order valence-electron chi connectivity index (χ4n) is 4.21. The van der Waals surface area contributed by atoms with Crippen molar-refractivity contribution in [2.24, 2.45) is 0 Å². The third-order valence-electron chi connectivity index (χ3n) is 5.75. The monoisotopic (exact) mass is 367 g/mol. The van der Waals surface area contributed by atoms with Crippen LogP contribution in [-0.4, -0.2) is 43.0 Å². The van der Waals surface area contributed by atoms with Crippen LogP contribution in [0.1, 0.15) is 26.2 Å². The highest BCUT2D eigenvalue weighted by atomic mass is 19.1. The van der Waals surface area contributed by atoms with E-state index in [4.69, 9.17) is 0 Å². The van der Waals surface area contributed by atoms with Crippen LogP contribution in [0.3, 0.4) is 0 Å². The molecule has 4 nitrogen and oxygen atoms in total. The SMILES string of the molecule is C[C@@H]1CCCN1CCC(=O)N1CCN(c2ccc(F)cc2)c2ccccc21. The molecule has 1 saturated heterocycles. The molecule has 0 N–H and O–H groups in total. The molecule has 0 spiro atoms. The van der Waals surface area contributed by atoms with Crippen LogP contribution in [0.15, 0.2) is 48.5 Å². The van der Waals surface area contributed by atoms with Gasteiger partial charge >= 0.3 is 0 Å². The van der Waals surface area contributed by atoms with Gasteiger partial charge in [0.2, 0.25) is 5.91 Å². The molecule has 2 aliphatic rings. The molecule has 0 aliphatic carbocycles. The van der Waals surface area contributed by atoms with Crippen LogP contribution in [0.2, 0.25) is 0 Å². The summed E-state index contributed by atoms with van der Waals surface area (Å²) in [6.45, 7) is 5.52. The fraction of sp³-hybridized carbons (Fsp3) is 0.409. The Kier molecular flexibility index (Phi) is 5.12. The lowest BCUT2D eigenvalue weighted by molar-refractivity contribution is -0.119. The Morgan fingerprint density at radius 3 is 2.48 bits per heavy atom. The zero-order valence-electron chi connectivity index (χ0n) is 15.8. The van der Waals surface area contributed by atoms with E-state index in [0.717, 1.165) is 30.2 Å². The number of hydrogen-bond acceptors (Lipinski definition) is 3. The first-order valence-corrected chi connectivity index (χ1v) is 9.80. The first kappa shape index (κ1) is 18.0. The molecule has 0 aromatic heterocycles. The van der Waals surface area contributed by atoms with Gasteiger partial charge in [0.1, 0.15) is 5.82 Å². The van der Waals surface area contributed by atoms with Gasteiger partial charge in [0, 0.05) is 37.8 Å². The summed E-state index contributed by atoms with van der Waals surface area (Å²) in [4.78, 5) is 19.4. The maximum Gasteiger partial charge on any atom is 0.228 e. The van der Waals surface area contributed by atoms with E-state index in [0.29, 0.717) is 25.6 Å². The number of carbonyl (C=O) groups is 1. The average Bonchev–Trinajstić information content (AvgIpc) is 3.11. The molecule has 2 aromatic carbocycles.